The lowest BCUT2D eigenvalue weighted by atomic mass is 10.0. The second kappa shape index (κ2) is 12.3. The van der Waals surface area contributed by atoms with Gasteiger partial charge in [0.2, 0.25) is 10.0 Å². The first-order valence-corrected chi connectivity index (χ1v) is 13.3. The lowest BCUT2D eigenvalue weighted by molar-refractivity contribution is 0.0905. The molecule has 0 aliphatic carbocycles. The maximum atomic E-state index is 13.8. The third-order valence-electron chi connectivity index (χ3n) is 5.69. The van der Waals surface area contributed by atoms with Crippen LogP contribution in [0.4, 0.5) is 0 Å². The Morgan fingerprint density at radius 3 is 2.20 bits per heavy atom. The second-order valence-corrected chi connectivity index (χ2v) is 10.7. The van der Waals surface area contributed by atoms with E-state index in [0.29, 0.717) is 23.6 Å². The van der Waals surface area contributed by atoms with Gasteiger partial charge in [-0.3, -0.25) is 4.79 Å². The van der Waals surface area contributed by atoms with Crippen LogP contribution >= 0.6 is 11.6 Å². The SMILES string of the molecule is CC[C@@H](c1ccccc1)N(Cc1ccc(C(=O)N[C@@H](C)COC)cc1)S(=O)(=O)c1ccc(Cl)cc1. The van der Waals surface area contributed by atoms with Crippen molar-refractivity contribution in [2.75, 3.05) is 13.7 Å². The number of carbonyl (C=O) groups excluding carboxylic acids is 1. The van der Waals surface area contributed by atoms with E-state index in [0.717, 1.165) is 11.1 Å². The standard InChI is InChI=1S/C27H31ClN2O4S/c1-4-26(22-8-6-5-7-9-22)30(35(32,33)25-16-14-24(28)15-17-25)18-21-10-12-23(13-11-21)27(31)29-20(2)19-34-3/h5-17,20,26H,4,18-19H2,1-3H3,(H,29,31)/t20-,26-/m0/s1. The molecule has 0 aliphatic rings. The molecule has 0 heterocycles. The van der Waals surface area contributed by atoms with Crippen LogP contribution in [0.5, 0.6) is 0 Å². The van der Waals surface area contributed by atoms with Crippen LogP contribution in [-0.4, -0.2) is 38.4 Å². The summed E-state index contributed by atoms with van der Waals surface area (Å²) in [5, 5.41) is 3.35. The molecule has 8 heteroatoms. The van der Waals surface area contributed by atoms with Gasteiger partial charge in [-0.25, -0.2) is 8.42 Å². The van der Waals surface area contributed by atoms with Gasteiger partial charge >= 0.3 is 0 Å². The third-order valence-corrected chi connectivity index (χ3v) is 7.81. The number of ether oxygens (including phenoxy) is 1. The summed E-state index contributed by atoms with van der Waals surface area (Å²) in [6.45, 7) is 4.40. The average Bonchev–Trinajstić information content (AvgIpc) is 2.85. The van der Waals surface area contributed by atoms with E-state index in [9.17, 15) is 13.2 Å². The summed E-state index contributed by atoms with van der Waals surface area (Å²) in [7, 11) is -2.26. The molecule has 3 aromatic rings. The number of hydrogen-bond donors (Lipinski definition) is 1. The van der Waals surface area contributed by atoms with E-state index in [1.165, 1.54) is 16.4 Å². The monoisotopic (exact) mass is 514 g/mol. The quantitative estimate of drug-likeness (QED) is 0.369. The lowest BCUT2D eigenvalue weighted by Crippen LogP contribution is -2.35. The number of hydrogen-bond acceptors (Lipinski definition) is 4. The Bertz CT molecular complexity index is 1200. The van der Waals surface area contributed by atoms with Crippen LogP contribution in [0.25, 0.3) is 0 Å². The van der Waals surface area contributed by atoms with E-state index in [2.05, 4.69) is 5.32 Å². The Hall–Kier alpha value is -2.71. The van der Waals surface area contributed by atoms with Crippen molar-refractivity contribution in [3.8, 4) is 0 Å². The summed E-state index contributed by atoms with van der Waals surface area (Å²) < 4.78 is 34.2. The number of nitrogens with zero attached hydrogens (tertiary/aromatic N) is 1. The van der Waals surface area contributed by atoms with Crippen LogP contribution in [0, 0.1) is 0 Å². The minimum Gasteiger partial charge on any atom is -0.383 e. The number of nitrogens with one attached hydrogen (secondary N) is 1. The molecular weight excluding hydrogens is 484 g/mol. The molecule has 0 aromatic heterocycles. The Kier molecular flexibility index (Phi) is 9.46. The summed E-state index contributed by atoms with van der Waals surface area (Å²) in [6.07, 6.45) is 0.592. The molecule has 0 fully saturated rings. The van der Waals surface area contributed by atoms with Crippen molar-refractivity contribution in [2.24, 2.45) is 0 Å². The molecule has 186 valence electrons. The van der Waals surface area contributed by atoms with E-state index in [1.54, 1.807) is 43.5 Å². The highest BCUT2D eigenvalue weighted by Crippen LogP contribution is 2.32. The van der Waals surface area contributed by atoms with Crippen molar-refractivity contribution >= 4 is 27.5 Å². The number of sulfonamides is 1. The van der Waals surface area contributed by atoms with Gasteiger partial charge < -0.3 is 10.1 Å². The van der Waals surface area contributed by atoms with Crippen LogP contribution in [0.1, 0.15) is 47.8 Å². The van der Waals surface area contributed by atoms with Crippen LogP contribution in [0.3, 0.4) is 0 Å². The largest absolute Gasteiger partial charge is 0.383 e. The van der Waals surface area contributed by atoms with Crippen molar-refractivity contribution in [1.29, 1.82) is 0 Å². The molecular formula is C27H31ClN2O4S. The van der Waals surface area contributed by atoms with E-state index in [1.807, 2.05) is 44.2 Å². The van der Waals surface area contributed by atoms with E-state index >= 15 is 0 Å². The predicted octanol–water partition coefficient (Wildman–Crippen LogP) is 5.45. The molecule has 0 saturated heterocycles. The van der Waals surface area contributed by atoms with Crippen LogP contribution in [-0.2, 0) is 21.3 Å². The van der Waals surface area contributed by atoms with E-state index in [4.69, 9.17) is 16.3 Å². The summed E-state index contributed by atoms with van der Waals surface area (Å²) >= 11 is 6.00. The molecule has 1 amide bonds. The smallest absolute Gasteiger partial charge is 0.251 e. The fraction of sp³-hybridized carbons (Fsp3) is 0.296. The van der Waals surface area contributed by atoms with E-state index < -0.39 is 10.0 Å². The highest BCUT2D eigenvalue weighted by Gasteiger charge is 2.31. The van der Waals surface area contributed by atoms with Gasteiger partial charge in [0.15, 0.2) is 0 Å². The minimum atomic E-state index is -3.84. The number of rotatable bonds is 11. The van der Waals surface area contributed by atoms with Crippen LogP contribution in [0.15, 0.2) is 83.8 Å². The number of amides is 1. The van der Waals surface area contributed by atoms with Gasteiger partial charge in [-0.1, -0.05) is 61.0 Å². The summed E-state index contributed by atoms with van der Waals surface area (Å²) in [5.74, 6) is -0.206. The molecule has 1 N–H and O–H groups in total. The molecule has 0 radical (unpaired) electrons. The molecule has 0 unspecified atom stereocenters. The highest BCUT2D eigenvalue weighted by atomic mass is 35.5. The van der Waals surface area contributed by atoms with Crippen molar-refractivity contribution < 1.29 is 17.9 Å². The summed E-state index contributed by atoms with van der Waals surface area (Å²) in [5.41, 5.74) is 2.19. The Morgan fingerprint density at radius 1 is 1.00 bits per heavy atom. The zero-order chi connectivity index (χ0) is 25.4. The van der Waals surface area contributed by atoms with Gasteiger partial charge in [0.1, 0.15) is 0 Å². The van der Waals surface area contributed by atoms with Gasteiger partial charge in [0.25, 0.3) is 5.91 Å². The van der Waals surface area contributed by atoms with Crippen molar-refractivity contribution in [3.63, 3.8) is 0 Å². The normalized spacial score (nSPS) is 13.4. The van der Waals surface area contributed by atoms with Crippen LogP contribution < -0.4 is 5.32 Å². The highest BCUT2D eigenvalue weighted by molar-refractivity contribution is 7.89. The Morgan fingerprint density at radius 2 is 1.63 bits per heavy atom. The van der Waals surface area contributed by atoms with Crippen LogP contribution in [0.2, 0.25) is 5.02 Å². The molecule has 35 heavy (non-hydrogen) atoms. The second-order valence-electron chi connectivity index (χ2n) is 8.37. The predicted molar refractivity (Wildman–Crippen MR) is 139 cm³/mol. The van der Waals surface area contributed by atoms with E-state index in [-0.39, 0.29) is 29.4 Å². The first-order valence-electron chi connectivity index (χ1n) is 11.5. The third kappa shape index (κ3) is 6.92. The van der Waals surface area contributed by atoms with Gasteiger partial charge in [-0.05, 0) is 60.9 Å². The van der Waals surface area contributed by atoms with Gasteiger partial charge in [0, 0.05) is 30.3 Å². The molecule has 0 aliphatic heterocycles. The van der Waals surface area contributed by atoms with Crippen molar-refractivity contribution in [1.82, 2.24) is 9.62 Å². The summed E-state index contributed by atoms with van der Waals surface area (Å²) in [6, 6.07) is 22.3. The Labute approximate surface area is 212 Å². The fourth-order valence-electron chi connectivity index (χ4n) is 3.93. The first kappa shape index (κ1) is 26.9. The van der Waals surface area contributed by atoms with Gasteiger partial charge in [0.05, 0.1) is 17.5 Å². The maximum Gasteiger partial charge on any atom is 0.251 e. The number of benzene rings is 3. The fourth-order valence-corrected chi connectivity index (χ4v) is 5.73. The molecule has 2 atom stereocenters. The number of carbonyl (C=O) groups is 1. The summed E-state index contributed by atoms with van der Waals surface area (Å²) in [4.78, 5) is 12.7. The first-order chi connectivity index (χ1) is 16.8. The van der Waals surface area contributed by atoms with Crippen molar-refractivity contribution in [3.05, 3.63) is 101 Å². The average molecular weight is 515 g/mol. The van der Waals surface area contributed by atoms with Gasteiger partial charge in [-0.2, -0.15) is 4.31 Å². The maximum absolute atomic E-state index is 13.8. The molecule has 0 bridgehead atoms. The topological polar surface area (TPSA) is 75.7 Å². The molecule has 3 aromatic carbocycles. The van der Waals surface area contributed by atoms with Crippen molar-refractivity contribution in [2.45, 2.75) is 43.8 Å². The lowest BCUT2D eigenvalue weighted by Gasteiger charge is -2.31. The Balaban J connectivity index is 1.93. The number of halogens is 1. The van der Waals surface area contributed by atoms with Gasteiger partial charge in [-0.15, -0.1) is 0 Å². The zero-order valence-corrected chi connectivity index (χ0v) is 21.7. The molecule has 3 rings (SSSR count). The minimum absolute atomic E-state index is 0.122. The molecule has 0 saturated carbocycles. The molecule has 0 spiro atoms. The number of methoxy groups -OCH3 is 1. The zero-order valence-electron chi connectivity index (χ0n) is 20.1. The molecule has 6 nitrogen and oxygen atoms in total.